The summed E-state index contributed by atoms with van der Waals surface area (Å²) in [5, 5.41) is 0.682. The Kier molecular flexibility index (Phi) is 3.39. The lowest BCUT2D eigenvalue weighted by Crippen LogP contribution is -2.01. The molecule has 0 atom stereocenters. The molecule has 1 N–H and O–H groups in total. The van der Waals surface area contributed by atoms with Crippen LogP contribution in [0.5, 0.6) is 0 Å². The Hall–Kier alpha value is -2.33. The summed E-state index contributed by atoms with van der Waals surface area (Å²) in [5.41, 5.74) is 3.70. The molecule has 0 spiro atoms. The fraction of sp³-hybridized carbons (Fsp3) is 0.125. The van der Waals surface area contributed by atoms with E-state index in [1.165, 1.54) is 7.11 Å². The van der Waals surface area contributed by atoms with Gasteiger partial charge < -0.3 is 9.72 Å². The van der Waals surface area contributed by atoms with E-state index in [2.05, 4.69) is 9.97 Å². The number of aromatic amines is 1. The number of para-hydroxylation sites is 1. The highest BCUT2D eigenvalue weighted by Crippen LogP contribution is 2.26. The van der Waals surface area contributed by atoms with Crippen LogP contribution in [-0.2, 0) is 4.74 Å². The van der Waals surface area contributed by atoms with Gasteiger partial charge in [-0.15, -0.1) is 0 Å². The Morgan fingerprint density at radius 1 is 1.29 bits per heavy atom. The lowest BCUT2D eigenvalue weighted by molar-refractivity contribution is 0.0603. The van der Waals surface area contributed by atoms with Crippen LogP contribution in [0, 0.1) is 6.92 Å². The first kappa shape index (κ1) is 13.6. The van der Waals surface area contributed by atoms with Crippen molar-refractivity contribution >= 4 is 28.6 Å². The highest BCUT2D eigenvalue weighted by Gasteiger charge is 2.14. The summed E-state index contributed by atoms with van der Waals surface area (Å²) < 4.78 is 4.78. The van der Waals surface area contributed by atoms with Crippen molar-refractivity contribution in [1.29, 1.82) is 0 Å². The van der Waals surface area contributed by atoms with Crippen molar-refractivity contribution < 1.29 is 9.53 Å². The van der Waals surface area contributed by atoms with E-state index in [0.29, 0.717) is 21.9 Å². The number of imidazole rings is 1. The van der Waals surface area contributed by atoms with Crippen molar-refractivity contribution in [2.45, 2.75) is 6.92 Å². The largest absolute Gasteiger partial charge is 0.465 e. The highest BCUT2D eigenvalue weighted by atomic mass is 35.5. The molecule has 0 amide bonds. The SMILES string of the molecule is COC(=O)c1cccc2[nH]c(-c3ccc(C)c(Cl)c3)nc12. The number of ether oxygens (including phenoxy) is 1. The van der Waals surface area contributed by atoms with Crippen LogP contribution in [-0.4, -0.2) is 23.0 Å². The molecule has 2 aromatic carbocycles. The summed E-state index contributed by atoms with van der Waals surface area (Å²) in [5.74, 6) is 0.267. The molecule has 0 aliphatic carbocycles. The average Bonchev–Trinajstić information content (AvgIpc) is 2.93. The number of hydrogen-bond acceptors (Lipinski definition) is 3. The Balaban J connectivity index is 2.17. The second kappa shape index (κ2) is 5.22. The molecular weight excluding hydrogens is 288 g/mol. The topological polar surface area (TPSA) is 55.0 Å². The van der Waals surface area contributed by atoms with Crippen molar-refractivity contribution in [2.24, 2.45) is 0 Å². The molecule has 21 heavy (non-hydrogen) atoms. The third-order valence-corrected chi connectivity index (χ3v) is 3.77. The summed E-state index contributed by atoms with van der Waals surface area (Å²) in [6.07, 6.45) is 0. The van der Waals surface area contributed by atoms with Crippen LogP contribution in [0.25, 0.3) is 22.4 Å². The number of aromatic nitrogens is 2. The Labute approximate surface area is 126 Å². The van der Waals surface area contributed by atoms with Crippen LogP contribution in [0.3, 0.4) is 0 Å². The summed E-state index contributed by atoms with van der Waals surface area (Å²) in [4.78, 5) is 19.5. The molecule has 0 bridgehead atoms. The number of nitrogens with zero attached hydrogens (tertiary/aromatic N) is 1. The van der Waals surface area contributed by atoms with Gasteiger partial charge in [0.1, 0.15) is 11.3 Å². The molecule has 1 aromatic heterocycles. The minimum atomic E-state index is -0.402. The summed E-state index contributed by atoms with van der Waals surface area (Å²) in [6.45, 7) is 1.94. The number of H-pyrrole nitrogens is 1. The van der Waals surface area contributed by atoms with Crippen LogP contribution in [0.4, 0.5) is 0 Å². The third-order valence-electron chi connectivity index (χ3n) is 3.36. The van der Waals surface area contributed by atoms with Gasteiger partial charge in [0, 0.05) is 10.6 Å². The number of fused-ring (bicyclic) bond motifs is 1. The number of carbonyl (C=O) groups excluding carboxylic acids is 1. The first-order valence-electron chi connectivity index (χ1n) is 6.43. The van der Waals surface area contributed by atoms with Gasteiger partial charge in [0.05, 0.1) is 18.2 Å². The van der Waals surface area contributed by atoms with Gasteiger partial charge in [0.25, 0.3) is 0 Å². The van der Waals surface area contributed by atoms with Crippen molar-refractivity contribution in [3.63, 3.8) is 0 Å². The van der Waals surface area contributed by atoms with Gasteiger partial charge >= 0.3 is 5.97 Å². The van der Waals surface area contributed by atoms with Crippen LogP contribution >= 0.6 is 11.6 Å². The van der Waals surface area contributed by atoms with E-state index in [9.17, 15) is 4.79 Å². The number of hydrogen-bond donors (Lipinski definition) is 1. The number of methoxy groups -OCH3 is 1. The molecule has 106 valence electrons. The van der Waals surface area contributed by atoms with E-state index in [1.807, 2.05) is 31.2 Å². The van der Waals surface area contributed by atoms with Crippen molar-refractivity contribution in [2.75, 3.05) is 7.11 Å². The lowest BCUT2D eigenvalue weighted by Gasteiger charge is -2.00. The molecule has 3 rings (SSSR count). The maximum absolute atomic E-state index is 11.8. The quantitative estimate of drug-likeness (QED) is 0.728. The Bertz CT molecular complexity index is 839. The standard InChI is InChI=1S/C16H13ClN2O2/c1-9-6-7-10(8-12(9)17)15-18-13-5-3-4-11(14(13)19-15)16(20)21-2/h3-8H,1-2H3,(H,18,19). The van der Waals surface area contributed by atoms with Crippen LogP contribution in [0.1, 0.15) is 15.9 Å². The number of halogens is 1. The Morgan fingerprint density at radius 2 is 2.10 bits per heavy atom. The highest BCUT2D eigenvalue weighted by molar-refractivity contribution is 6.31. The van der Waals surface area contributed by atoms with Crippen LogP contribution in [0.15, 0.2) is 36.4 Å². The maximum atomic E-state index is 11.8. The van der Waals surface area contributed by atoms with Gasteiger partial charge in [-0.05, 0) is 30.7 Å². The first-order valence-corrected chi connectivity index (χ1v) is 6.81. The number of esters is 1. The predicted octanol–water partition coefficient (Wildman–Crippen LogP) is 3.98. The first-order chi connectivity index (χ1) is 10.1. The normalized spacial score (nSPS) is 10.8. The predicted molar refractivity (Wildman–Crippen MR) is 82.6 cm³/mol. The molecule has 0 saturated carbocycles. The van der Waals surface area contributed by atoms with Gasteiger partial charge in [0.15, 0.2) is 0 Å². The number of benzene rings is 2. The monoisotopic (exact) mass is 300 g/mol. The summed E-state index contributed by atoms with van der Waals surface area (Å²) in [7, 11) is 1.36. The van der Waals surface area contributed by atoms with E-state index >= 15 is 0 Å². The molecule has 1 heterocycles. The van der Waals surface area contributed by atoms with Crippen molar-refractivity contribution in [3.8, 4) is 11.4 Å². The zero-order valence-corrected chi connectivity index (χ0v) is 12.4. The average molecular weight is 301 g/mol. The van der Waals surface area contributed by atoms with Gasteiger partial charge in [-0.2, -0.15) is 0 Å². The molecule has 0 saturated heterocycles. The van der Waals surface area contributed by atoms with Gasteiger partial charge in [-0.25, -0.2) is 9.78 Å². The van der Waals surface area contributed by atoms with Crippen LogP contribution in [0.2, 0.25) is 5.02 Å². The molecule has 0 radical (unpaired) electrons. The fourth-order valence-corrected chi connectivity index (χ4v) is 2.36. The van der Waals surface area contributed by atoms with Crippen LogP contribution < -0.4 is 0 Å². The fourth-order valence-electron chi connectivity index (χ4n) is 2.18. The summed E-state index contributed by atoms with van der Waals surface area (Å²) >= 11 is 6.15. The molecule has 0 aliphatic rings. The summed E-state index contributed by atoms with van der Waals surface area (Å²) in [6, 6.07) is 11.1. The number of rotatable bonds is 2. The third kappa shape index (κ3) is 2.38. The minimum Gasteiger partial charge on any atom is -0.465 e. The molecule has 4 nitrogen and oxygen atoms in total. The molecular formula is C16H13ClN2O2. The molecule has 5 heteroatoms. The second-order valence-corrected chi connectivity index (χ2v) is 5.15. The minimum absolute atomic E-state index is 0.402. The number of nitrogens with one attached hydrogen (secondary N) is 1. The number of aryl methyl sites for hydroxylation is 1. The second-order valence-electron chi connectivity index (χ2n) is 4.74. The zero-order chi connectivity index (χ0) is 15.0. The van der Waals surface area contributed by atoms with E-state index in [1.54, 1.807) is 12.1 Å². The lowest BCUT2D eigenvalue weighted by atomic mass is 10.1. The van der Waals surface area contributed by atoms with Gasteiger partial charge in [-0.1, -0.05) is 29.8 Å². The maximum Gasteiger partial charge on any atom is 0.340 e. The number of carbonyl (C=O) groups is 1. The van der Waals surface area contributed by atoms with Crippen molar-refractivity contribution in [1.82, 2.24) is 9.97 Å². The van der Waals surface area contributed by atoms with E-state index < -0.39 is 5.97 Å². The Morgan fingerprint density at radius 3 is 2.81 bits per heavy atom. The van der Waals surface area contributed by atoms with Crippen molar-refractivity contribution in [3.05, 3.63) is 52.5 Å². The van der Waals surface area contributed by atoms with E-state index in [4.69, 9.17) is 16.3 Å². The molecule has 3 aromatic rings. The molecule has 0 fully saturated rings. The molecule has 0 aliphatic heterocycles. The van der Waals surface area contributed by atoms with Gasteiger partial charge in [0.2, 0.25) is 0 Å². The van der Waals surface area contributed by atoms with E-state index in [-0.39, 0.29) is 0 Å². The zero-order valence-electron chi connectivity index (χ0n) is 11.6. The molecule has 0 unspecified atom stereocenters. The van der Waals surface area contributed by atoms with Gasteiger partial charge in [-0.3, -0.25) is 0 Å². The smallest absolute Gasteiger partial charge is 0.340 e. The van der Waals surface area contributed by atoms with E-state index in [0.717, 1.165) is 16.6 Å².